The molecule has 0 saturated carbocycles. The van der Waals surface area contributed by atoms with Gasteiger partial charge in [0.1, 0.15) is 11.3 Å². The van der Waals surface area contributed by atoms with Gasteiger partial charge < -0.3 is 14.6 Å². The number of aryl methyl sites for hydroxylation is 2. The summed E-state index contributed by atoms with van der Waals surface area (Å²) in [5.74, 6) is 0.400. The first-order chi connectivity index (χ1) is 10.1. The first-order valence-corrected chi connectivity index (χ1v) is 6.78. The summed E-state index contributed by atoms with van der Waals surface area (Å²) in [6, 6.07) is 7.40. The van der Waals surface area contributed by atoms with Gasteiger partial charge in [0, 0.05) is 31.4 Å². The summed E-state index contributed by atoms with van der Waals surface area (Å²) in [4.78, 5) is 23.9. The van der Waals surface area contributed by atoms with Crippen LogP contribution in [0.5, 0.6) is 5.75 Å². The number of hydrogen-bond donors (Lipinski definition) is 1. The fraction of sp³-hybridized carbons (Fsp3) is 0.250. The highest BCUT2D eigenvalue weighted by Crippen LogP contribution is 2.31. The maximum atomic E-state index is 12.2. The number of carbonyl (C=O) groups excluding carboxylic acids is 1. The minimum absolute atomic E-state index is 0.174. The van der Waals surface area contributed by atoms with E-state index in [9.17, 15) is 9.59 Å². The van der Waals surface area contributed by atoms with E-state index in [4.69, 9.17) is 4.74 Å². The van der Waals surface area contributed by atoms with Crippen molar-refractivity contribution in [3.8, 4) is 17.0 Å². The second-order valence-electron chi connectivity index (χ2n) is 4.98. The number of ether oxygens (including phenoxy) is 1. The molecule has 0 saturated heterocycles. The highest BCUT2D eigenvalue weighted by molar-refractivity contribution is 5.94. The molecule has 5 heteroatoms. The van der Waals surface area contributed by atoms with Crippen LogP contribution in [0.15, 0.2) is 35.3 Å². The summed E-state index contributed by atoms with van der Waals surface area (Å²) >= 11 is 0. The predicted octanol–water partition coefficient (Wildman–Crippen LogP) is 1.44. The van der Waals surface area contributed by atoms with E-state index in [1.165, 1.54) is 18.7 Å². The van der Waals surface area contributed by atoms with E-state index in [2.05, 4.69) is 5.32 Å². The van der Waals surface area contributed by atoms with Crippen molar-refractivity contribution in [1.29, 1.82) is 0 Å². The third kappa shape index (κ3) is 2.20. The van der Waals surface area contributed by atoms with Crippen molar-refractivity contribution in [3.05, 3.63) is 51.8 Å². The zero-order chi connectivity index (χ0) is 15.0. The third-order valence-electron chi connectivity index (χ3n) is 3.81. The van der Waals surface area contributed by atoms with Gasteiger partial charge in [0.25, 0.3) is 5.91 Å². The highest BCUT2D eigenvalue weighted by atomic mass is 16.5. The minimum atomic E-state index is -0.355. The molecule has 1 aliphatic rings. The Hall–Kier alpha value is -2.56. The fourth-order valence-corrected chi connectivity index (χ4v) is 2.68. The zero-order valence-electron chi connectivity index (χ0n) is 12.0. The monoisotopic (exact) mass is 284 g/mol. The quantitative estimate of drug-likeness (QED) is 0.907. The Balaban J connectivity index is 2.19. The van der Waals surface area contributed by atoms with Gasteiger partial charge in [-0.2, -0.15) is 0 Å². The van der Waals surface area contributed by atoms with Crippen molar-refractivity contribution in [2.75, 3.05) is 14.2 Å². The summed E-state index contributed by atoms with van der Waals surface area (Å²) in [5.41, 5.74) is 2.90. The Morgan fingerprint density at radius 3 is 2.86 bits per heavy atom. The van der Waals surface area contributed by atoms with Crippen LogP contribution >= 0.6 is 0 Å². The maximum absolute atomic E-state index is 12.2. The average Bonchev–Trinajstić information content (AvgIpc) is 2.53. The molecule has 0 fully saturated rings. The molecule has 0 atom stereocenters. The number of carbonyl (C=O) groups is 1. The number of rotatable bonds is 2. The first kappa shape index (κ1) is 13.4. The van der Waals surface area contributed by atoms with Crippen LogP contribution in [-0.4, -0.2) is 24.6 Å². The summed E-state index contributed by atoms with van der Waals surface area (Å²) in [6.45, 7) is 0.749. The van der Waals surface area contributed by atoms with E-state index in [-0.39, 0.29) is 16.9 Å². The van der Waals surface area contributed by atoms with Crippen LogP contribution in [0.25, 0.3) is 11.3 Å². The number of benzene rings is 1. The van der Waals surface area contributed by atoms with E-state index in [0.29, 0.717) is 0 Å². The van der Waals surface area contributed by atoms with Gasteiger partial charge in [0.05, 0.1) is 12.8 Å². The number of aromatic nitrogens is 1. The molecule has 1 N–H and O–H groups in total. The van der Waals surface area contributed by atoms with Gasteiger partial charge >= 0.3 is 0 Å². The number of amides is 1. The molecule has 0 unspecified atom stereocenters. The lowest BCUT2D eigenvalue weighted by atomic mass is 9.96. The SMILES string of the molecule is CNC(=O)c1cn2c(cc1=O)-c1cc(OC)ccc1CC2. The summed E-state index contributed by atoms with van der Waals surface area (Å²) < 4.78 is 7.21. The van der Waals surface area contributed by atoms with Gasteiger partial charge in [0.15, 0.2) is 5.43 Å². The minimum Gasteiger partial charge on any atom is -0.497 e. The van der Waals surface area contributed by atoms with E-state index in [0.717, 1.165) is 30.0 Å². The van der Waals surface area contributed by atoms with Crippen molar-refractivity contribution >= 4 is 5.91 Å². The molecule has 1 aliphatic heterocycles. The molecule has 0 spiro atoms. The molecule has 1 aromatic heterocycles. The smallest absolute Gasteiger partial charge is 0.256 e. The maximum Gasteiger partial charge on any atom is 0.256 e. The Morgan fingerprint density at radius 2 is 2.14 bits per heavy atom. The van der Waals surface area contributed by atoms with Crippen molar-refractivity contribution in [2.24, 2.45) is 0 Å². The van der Waals surface area contributed by atoms with Crippen molar-refractivity contribution < 1.29 is 9.53 Å². The lowest BCUT2D eigenvalue weighted by Gasteiger charge is -2.23. The van der Waals surface area contributed by atoms with Crippen LogP contribution in [0.1, 0.15) is 15.9 Å². The van der Waals surface area contributed by atoms with Crippen LogP contribution in [0.4, 0.5) is 0 Å². The molecule has 0 radical (unpaired) electrons. The van der Waals surface area contributed by atoms with Crippen molar-refractivity contribution in [1.82, 2.24) is 9.88 Å². The summed E-state index contributed by atoms with van der Waals surface area (Å²) in [7, 11) is 3.14. The lowest BCUT2D eigenvalue weighted by molar-refractivity contribution is 0.0961. The van der Waals surface area contributed by atoms with Gasteiger partial charge in [-0.05, 0) is 24.1 Å². The van der Waals surface area contributed by atoms with E-state index >= 15 is 0 Å². The molecule has 5 nitrogen and oxygen atoms in total. The second kappa shape index (κ2) is 5.09. The molecular formula is C16H16N2O3. The highest BCUT2D eigenvalue weighted by Gasteiger charge is 2.19. The number of pyridine rings is 1. The Labute approximate surface area is 122 Å². The van der Waals surface area contributed by atoms with E-state index in [1.54, 1.807) is 13.3 Å². The summed E-state index contributed by atoms with van der Waals surface area (Å²) in [6.07, 6.45) is 2.50. The number of hydrogen-bond acceptors (Lipinski definition) is 3. The van der Waals surface area contributed by atoms with Gasteiger partial charge in [-0.25, -0.2) is 0 Å². The normalized spacial score (nSPS) is 12.3. The van der Waals surface area contributed by atoms with Gasteiger partial charge in [0.2, 0.25) is 0 Å². The molecule has 2 heterocycles. The zero-order valence-corrected chi connectivity index (χ0v) is 12.0. The van der Waals surface area contributed by atoms with Crippen molar-refractivity contribution in [3.63, 3.8) is 0 Å². The Bertz CT molecular complexity index is 778. The van der Waals surface area contributed by atoms with E-state index in [1.807, 2.05) is 22.8 Å². The standard InChI is InChI=1S/C16H16N2O3/c1-17-16(20)13-9-18-6-5-10-3-4-11(21-2)7-12(10)14(18)8-15(13)19/h3-4,7-9H,5-6H2,1-2H3,(H,17,20). The van der Waals surface area contributed by atoms with E-state index < -0.39 is 0 Å². The Kier molecular flexibility index (Phi) is 3.25. The molecule has 1 amide bonds. The molecule has 108 valence electrons. The Morgan fingerprint density at radius 1 is 1.33 bits per heavy atom. The van der Waals surface area contributed by atoms with Crippen LogP contribution in [-0.2, 0) is 13.0 Å². The number of fused-ring (bicyclic) bond motifs is 3. The van der Waals surface area contributed by atoms with Crippen molar-refractivity contribution in [2.45, 2.75) is 13.0 Å². The largest absolute Gasteiger partial charge is 0.497 e. The number of methoxy groups -OCH3 is 1. The number of nitrogens with one attached hydrogen (secondary N) is 1. The number of nitrogens with zero attached hydrogens (tertiary/aromatic N) is 1. The van der Waals surface area contributed by atoms with Crippen LogP contribution in [0, 0.1) is 0 Å². The molecule has 1 aromatic carbocycles. The predicted molar refractivity (Wildman–Crippen MR) is 79.8 cm³/mol. The van der Waals surface area contributed by atoms with Gasteiger partial charge in [-0.1, -0.05) is 6.07 Å². The molecule has 0 aliphatic carbocycles. The molecular weight excluding hydrogens is 268 g/mol. The third-order valence-corrected chi connectivity index (χ3v) is 3.81. The molecule has 21 heavy (non-hydrogen) atoms. The molecule has 0 bridgehead atoms. The first-order valence-electron chi connectivity index (χ1n) is 6.78. The summed E-state index contributed by atoms with van der Waals surface area (Å²) in [5, 5.41) is 2.49. The topological polar surface area (TPSA) is 60.3 Å². The molecule has 2 aromatic rings. The molecule has 3 rings (SSSR count). The van der Waals surface area contributed by atoms with Crippen LogP contribution in [0.2, 0.25) is 0 Å². The lowest BCUT2D eigenvalue weighted by Crippen LogP contribution is -2.28. The fourth-order valence-electron chi connectivity index (χ4n) is 2.68. The van der Waals surface area contributed by atoms with Crippen LogP contribution in [0.3, 0.4) is 0 Å². The average molecular weight is 284 g/mol. The second-order valence-corrected chi connectivity index (χ2v) is 4.98. The van der Waals surface area contributed by atoms with Crippen LogP contribution < -0.4 is 15.5 Å². The van der Waals surface area contributed by atoms with Gasteiger partial charge in [-0.15, -0.1) is 0 Å². The van der Waals surface area contributed by atoms with Gasteiger partial charge in [-0.3, -0.25) is 9.59 Å².